The van der Waals surface area contributed by atoms with E-state index in [1.54, 1.807) is 20.2 Å². The standard InChI is InChI=1S/C22H23N7O7S2/c1-28(2)14(30)7-11-6-12(36-26-11)5-4-10-8-37-20-16(19(32)29(20)17(10)21(33)34)25-18(31)15(27-35-3)13-9-38-22(23)24-13/h4-6,9,16,20H,7-8H2,1-3H3,(H2,23,24)(H,25,31)(H,33,34)/b5-4-,27-15-/t16-,20-/m1/s1. The molecule has 4 rings (SSSR count). The number of fused-ring (bicyclic) bond motifs is 1. The molecule has 14 nitrogen and oxygen atoms in total. The van der Waals surface area contributed by atoms with Crippen LogP contribution in [0, 0.1) is 0 Å². The van der Waals surface area contributed by atoms with Crippen molar-refractivity contribution in [1.29, 1.82) is 0 Å². The van der Waals surface area contributed by atoms with E-state index in [2.05, 4.69) is 20.6 Å². The number of oxime groups is 1. The summed E-state index contributed by atoms with van der Waals surface area (Å²) in [6, 6.07) is 0.601. The fourth-order valence-electron chi connectivity index (χ4n) is 3.66. The lowest BCUT2D eigenvalue weighted by Gasteiger charge is -2.49. The number of likely N-dealkylation sites (N-methyl/N-ethyl adjacent to an activating group) is 1. The van der Waals surface area contributed by atoms with Gasteiger partial charge in [-0.25, -0.2) is 9.78 Å². The highest BCUT2D eigenvalue weighted by Crippen LogP contribution is 2.40. The number of nitrogens with two attached hydrogens (primary N) is 1. The van der Waals surface area contributed by atoms with Gasteiger partial charge in [-0.1, -0.05) is 16.4 Å². The van der Waals surface area contributed by atoms with Crippen molar-refractivity contribution in [2.75, 3.05) is 32.7 Å². The first-order chi connectivity index (χ1) is 18.1. The van der Waals surface area contributed by atoms with Gasteiger partial charge in [-0.3, -0.25) is 19.3 Å². The van der Waals surface area contributed by atoms with E-state index in [0.29, 0.717) is 17.0 Å². The Bertz CT molecular complexity index is 1380. The Kier molecular flexibility index (Phi) is 7.82. The minimum atomic E-state index is -1.29. The molecule has 3 amide bonds. The lowest BCUT2D eigenvalue weighted by atomic mass is 10.0. The third kappa shape index (κ3) is 5.40. The molecule has 0 spiro atoms. The number of anilines is 1. The second-order valence-corrected chi connectivity index (χ2v) is 10.2. The molecule has 1 fully saturated rings. The molecular formula is C22H23N7O7S2. The van der Waals surface area contributed by atoms with Crippen LogP contribution in [0.4, 0.5) is 5.13 Å². The molecule has 200 valence electrons. The summed E-state index contributed by atoms with van der Waals surface area (Å²) in [6.45, 7) is 0. The number of carboxylic acid groups (broad SMARTS) is 1. The maximum atomic E-state index is 13.0. The molecule has 2 aromatic heterocycles. The molecule has 0 radical (unpaired) electrons. The number of carboxylic acids is 1. The summed E-state index contributed by atoms with van der Waals surface area (Å²) in [4.78, 5) is 61.1. The van der Waals surface area contributed by atoms with E-state index in [4.69, 9.17) is 15.1 Å². The first-order valence-corrected chi connectivity index (χ1v) is 12.9. The van der Waals surface area contributed by atoms with E-state index in [0.717, 1.165) is 16.2 Å². The number of carbonyl (C=O) groups is 4. The number of nitrogen functional groups attached to an aromatic ring is 1. The largest absolute Gasteiger partial charge is 0.477 e. The highest BCUT2D eigenvalue weighted by Gasteiger charge is 2.54. The number of hydrogen-bond donors (Lipinski definition) is 3. The van der Waals surface area contributed by atoms with Crippen molar-refractivity contribution < 1.29 is 33.6 Å². The Hall–Kier alpha value is -4.18. The molecule has 4 N–H and O–H groups in total. The monoisotopic (exact) mass is 561 g/mol. The number of thiazole rings is 1. The number of amides is 3. The third-order valence-electron chi connectivity index (χ3n) is 5.51. The van der Waals surface area contributed by atoms with Crippen LogP contribution in [0.2, 0.25) is 0 Å². The van der Waals surface area contributed by atoms with Crippen molar-refractivity contribution in [2.24, 2.45) is 5.16 Å². The van der Waals surface area contributed by atoms with Crippen molar-refractivity contribution >= 4 is 63.7 Å². The van der Waals surface area contributed by atoms with Gasteiger partial charge in [0.05, 0.1) is 12.1 Å². The number of hydrogen-bond acceptors (Lipinski definition) is 12. The van der Waals surface area contributed by atoms with E-state index >= 15 is 0 Å². The predicted molar refractivity (Wildman–Crippen MR) is 138 cm³/mol. The van der Waals surface area contributed by atoms with E-state index in [-0.39, 0.29) is 40.3 Å². The van der Waals surface area contributed by atoms with Crippen LogP contribution in [-0.4, -0.2) is 92.8 Å². The van der Waals surface area contributed by atoms with Gasteiger partial charge in [-0.2, -0.15) is 0 Å². The number of aliphatic carboxylic acids is 1. The zero-order valence-electron chi connectivity index (χ0n) is 20.4. The van der Waals surface area contributed by atoms with Crippen molar-refractivity contribution in [2.45, 2.75) is 17.8 Å². The van der Waals surface area contributed by atoms with Gasteiger partial charge in [-0.15, -0.1) is 23.1 Å². The molecule has 4 heterocycles. The molecule has 2 aromatic rings. The number of nitrogens with zero attached hydrogens (tertiary/aromatic N) is 5. The molecule has 0 aliphatic carbocycles. The average Bonchev–Trinajstić information content (AvgIpc) is 3.51. The Balaban J connectivity index is 1.49. The van der Waals surface area contributed by atoms with Crippen LogP contribution < -0.4 is 11.1 Å². The summed E-state index contributed by atoms with van der Waals surface area (Å²) in [5.41, 5.74) is 6.27. The molecule has 2 aliphatic heterocycles. The van der Waals surface area contributed by atoms with Gasteiger partial charge in [0.15, 0.2) is 16.6 Å². The molecule has 0 saturated carbocycles. The summed E-state index contributed by atoms with van der Waals surface area (Å²) in [6.07, 6.45) is 3.11. The maximum absolute atomic E-state index is 13.0. The second-order valence-electron chi connectivity index (χ2n) is 8.25. The molecule has 2 aliphatic rings. The van der Waals surface area contributed by atoms with Gasteiger partial charge < -0.3 is 30.4 Å². The van der Waals surface area contributed by atoms with Crippen molar-refractivity contribution in [3.63, 3.8) is 0 Å². The Morgan fingerprint density at radius 3 is 2.79 bits per heavy atom. The lowest BCUT2D eigenvalue weighted by molar-refractivity contribution is -0.150. The van der Waals surface area contributed by atoms with E-state index in [1.165, 1.54) is 41.3 Å². The molecule has 0 bridgehead atoms. The van der Waals surface area contributed by atoms with Gasteiger partial charge >= 0.3 is 5.97 Å². The molecule has 1 saturated heterocycles. The highest BCUT2D eigenvalue weighted by molar-refractivity contribution is 8.00. The van der Waals surface area contributed by atoms with Crippen LogP contribution in [0.5, 0.6) is 0 Å². The van der Waals surface area contributed by atoms with Crippen LogP contribution in [0.25, 0.3) is 6.08 Å². The van der Waals surface area contributed by atoms with Crippen LogP contribution >= 0.6 is 23.1 Å². The van der Waals surface area contributed by atoms with Gasteiger partial charge in [0.25, 0.3) is 11.8 Å². The molecule has 16 heteroatoms. The molecule has 0 unspecified atom stereocenters. The first-order valence-electron chi connectivity index (χ1n) is 11.0. The minimum Gasteiger partial charge on any atom is -0.477 e. The summed E-state index contributed by atoms with van der Waals surface area (Å²) in [5, 5.41) is 21.1. The summed E-state index contributed by atoms with van der Waals surface area (Å²) >= 11 is 2.40. The van der Waals surface area contributed by atoms with Crippen LogP contribution in [0.3, 0.4) is 0 Å². The zero-order chi connectivity index (χ0) is 27.6. The molecule has 2 atom stereocenters. The van der Waals surface area contributed by atoms with E-state index in [9.17, 15) is 24.3 Å². The number of nitrogens with one attached hydrogen (secondary N) is 1. The van der Waals surface area contributed by atoms with Crippen LogP contribution in [0.15, 0.2) is 38.5 Å². The van der Waals surface area contributed by atoms with Crippen molar-refractivity contribution in [3.8, 4) is 0 Å². The normalized spacial score (nSPS) is 19.3. The number of rotatable bonds is 9. The van der Waals surface area contributed by atoms with Crippen molar-refractivity contribution in [1.82, 2.24) is 25.3 Å². The summed E-state index contributed by atoms with van der Waals surface area (Å²) in [7, 11) is 4.53. The maximum Gasteiger partial charge on any atom is 0.352 e. The molecular weight excluding hydrogens is 538 g/mol. The van der Waals surface area contributed by atoms with Gasteiger partial charge in [0.1, 0.15) is 29.9 Å². The SMILES string of the molecule is CO/N=C(\C(=O)N[C@@H]1C(=O)N2C(C(=O)O)=C(/C=C\c3cc(CC(=O)N(C)C)no3)CS[C@H]12)c1csc(N)n1. The zero-order valence-corrected chi connectivity index (χ0v) is 22.0. The highest BCUT2D eigenvalue weighted by atomic mass is 32.2. The van der Waals surface area contributed by atoms with Gasteiger partial charge in [0.2, 0.25) is 5.91 Å². The van der Waals surface area contributed by atoms with E-state index < -0.39 is 29.2 Å². The number of thioether (sulfide) groups is 1. The fourth-order valence-corrected chi connectivity index (χ4v) is 5.53. The number of β-lactam (4-membered cyclic amide) rings is 1. The fraction of sp³-hybridized carbons (Fsp3) is 0.318. The van der Waals surface area contributed by atoms with Gasteiger partial charge in [-0.05, 0) is 11.6 Å². The predicted octanol–water partition coefficient (Wildman–Crippen LogP) is 0.147. The lowest BCUT2D eigenvalue weighted by Crippen LogP contribution is -2.71. The summed E-state index contributed by atoms with van der Waals surface area (Å²) in [5.74, 6) is -2.16. The Labute approximate surface area is 224 Å². The van der Waals surface area contributed by atoms with Gasteiger partial charge in [0, 0.05) is 31.3 Å². The van der Waals surface area contributed by atoms with Crippen molar-refractivity contribution in [3.05, 3.63) is 45.9 Å². The molecule has 0 aromatic carbocycles. The topological polar surface area (TPSA) is 194 Å². The average molecular weight is 562 g/mol. The Morgan fingerprint density at radius 1 is 1.39 bits per heavy atom. The quantitative estimate of drug-likeness (QED) is 0.214. The second kappa shape index (κ2) is 11.1. The Morgan fingerprint density at radius 2 is 2.16 bits per heavy atom. The number of allylic oxidation sites excluding steroid dienone is 1. The first kappa shape index (κ1) is 26.9. The van der Waals surface area contributed by atoms with Crippen LogP contribution in [-0.2, 0) is 30.4 Å². The smallest absolute Gasteiger partial charge is 0.352 e. The van der Waals surface area contributed by atoms with E-state index in [1.807, 2.05) is 0 Å². The molecule has 38 heavy (non-hydrogen) atoms. The minimum absolute atomic E-state index is 0.0625. The van der Waals surface area contributed by atoms with Crippen LogP contribution in [0.1, 0.15) is 17.1 Å². The number of aromatic nitrogens is 2. The number of carbonyl (C=O) groups excluding carboxylic acids is 3. The third-order valence-corrected chi connectivity index (χ3v) is 7.48. The summed E-state index contributed by atoms with van der Waals surface area (Å²) < 4.78 is 5.21.